The van der Waals surface area contributed by atoms with Gasteiger partial charge in [0, 0.05) is 15.3 Å². The molecule has 5 heteroatoms. The van der Waals surface area contributed by atoms with Gasteiger partial charge < -0.3 is 5.11 Å². The second-order valence-corrected chi connectivity index (χ2v) is 8.62. The lowest BCUT2D eigenvalue weighted by molar-refractivity contribution is 0.223. The molecule has 0 bridgehead atoms. The molecular weight excluding hydrogens is 372 g/mol. The van der Waals surface area contributed by atoms with Crippen molar-refractivity contribution in [1.82, 2.24) is 0 Å². The van der Waals surface area contributed by atoms with Gasteiger partial charge >= 0.3 is 0 Å². The lowest BCUT2D eigenvalue weighted by Crippen LogP contribution is -1.97. The van der Waals surface area contributed by atoms with Gasteiger partial charge in [0.05, 0.1) is 7.57 Å². The van der Waals surface area contributed by atoms with Crippen molar-refractivity contribution in [2.45, 2.75) is 20.0 Å². The quantitative estimate of drug-likeness (QED) is 0.772. The molecule has 2 heterocycles. The summed E-state index contributed by atoms with van der Waals surface area (Å²) in [6, 6.07) is 4.08. The van der Waals surface area contributed by atoms with Crippen LogP contribution in [0, 0.1) is 13.8 Å². The highest BCUT2D eigenvalue weighted by Gasteiger charge is 2.19. The Balaban J connectivity index is 2.42. The van der Waals surface area contributed by atoms with Gasteiger partial charge in [0.15, 0.2) is 0 Å². The Morgan fingerprint density at radius 3 is 2.31 bits per heavy atom. The molecule has 1 N–H and O–H groups in total. The molecule has 0 saturated heterocycles. The van der Waals surface area contributed by atoms with Crippen LogP contribution in [-0.4, -0.2) is 5.11 Å². The van der Waals surface area contributed by atoms with Gasteiger partial charge in [-0.3, -0.25) is 0 Å². The molecule has 86 valence electrons. The van der Waals surface area contributed by atoms with Gasteiger partial charge in [-0.2, -0.15) is 0 Å². The average Bonchev–Trinajstić information content (AvgIpc) is 2.68. The number of hydrogen-bond donors (Lipinski definition) is 1. The van der Waals surface area contributed by atoms with Crippen LogP contribution in [0.5, 0.6) is 0 Å². The molecule has 1 nitrogen and oxygen atoms in total. The molecule has 2 rings (SSSR count). The van der Waals surface area contributed by atoms with Crippen molar-refractivity contribution in [3.8, 4) is 0 Å². The third-order valence-corrected chi connectivity index (χ3v) is 5.90. The Hall–Kier alpha value is 0.320. The molecule has 16 heavy (non-hydrogen) atoms. The lowest BCUT2D eigenvalue weighted by atomic mass is 10.1. The number of rotatable bonds is 2. The van der Waals surface area contributed by atoms with Gasteiger partial charge in [0.1, 0.15) is 6.10 Å². The second-order valence-electron chi connectivity index (χ2n) is 3.59. The van der Waals surface area contributed by atoms with E-state index in [0.717, 1.165) is 23.6 Å². The minimum atomic E-state index is -0.532. The van der Waals surface area contributed by atoms with E-state index in [4.69, 9.17) is 0 Å². The molecule has 0 saturated carbocycles. The first-order chi connectivity index (χ1) is 7.49. The van der Waals surface area contributed by atoms with E-state index >= 15 is 0 Å². The molecule has 1 atom stereocenters. The van der Waals surface area contributed by atoms with E-state index in [-0.39, 0.29) is 0 Å². The SMILES string of the molecule is Cc1cc(C)c(C(O)c2cc(Br)sc2Br)s1. The van der Waals surface area contributed by atoms with E-state index in [1.165, 1.54) is 4.88 Å². The van der Waals surface area contributed by atoms with Crippen LogP contribution >= 0.6 is 54.5 Å². The molecule has 2 aromatic heterocycles. The van der Waals surface area contributed by atoms with Crippen LogP contribution in [0.25, 0.3) is 0 Å². The summed E-state index contributed by atoms with van der Waals surface area (Å²) in [5, 5.41) is 10.3. The first-order valence-electron chi connectivity index (χ1n) is 4.68. The molecule has 0 aliphatic rings. The number of thiophene rings is 2. The molecule has 0 fully saturated rings. The van der Waals surface area contributed by atoms with Crippen molar-refractivity contribution in [1.29, 1.82) is 0 Å². The van der Waals surface area contributed by atoms with Gasteiger partial charge in [-0.05, 0) is 63.4 Å². The Bertz CT molecular complexity index is 470. The van der Waals surface area contributed by atoms with Crippen LogP contribution in [0.2, 0.25) is 0 Å². The van der Waals surface area contributed by atoms with Crippen molar-refractivity contribution in [2.75, 3.05) is 0 Å². The highest BCUT2D eigenvalue weighted by molar-refractivity contribution is 9.12. The number of aryl methyl sites for hydroxylation is 2. The summed E-state index contributed by atoms with van der Waals surface area (Å²) in [7, 11) is 0. The van der Waals surface area contributed by atoms with Crippen LogP contribution in [0.15, 0.2) is 19.7 Å². The number of halogens is 2. The van der Waals surface area contributed by atoms with Crippen LogP contribution in [0.3, 0.4) is 0 Å². The van der Waals surface area contributed by atoms with E-state index in [2.05, 4.69) is 44.8 Å². The predicted octanol–water partition coefficient (Wildman–Crippen LogP) is 5.03. The number of aliphatic hydroxyl groups excluding tert-OH is 1. The number of hydrogen-bond acceptors (Lipinski definition) is 3. The fourth-order valence-electron chi connectivity index (χ4n) is 1.61. The van der Waals surface area contributed by atoms with Crippen LogP contribution < -0.4 is 0 Å². The van der Waals surface area contributed by atoms with Crippen LogP contribution in [0.1, 0.15) is 27.0 Å². The summed E-state index contributed by atoms with van der Waals surface area (Å²) in [5.41, 5.74) is 2.09. The van der Waals surface area contributed by atoms with Gasteiger partial charge in [-0.1, -0.05) is 0 Å². The summed E-state index contributed by atoms with van der Waals surface area (Å²) in [5.74, 6) is 0. The van der Waals surface area contributed by atoms with Crippen LogP contribution in [0.4, 0.5) is 0 Å². The maximum atomic E-state index is 10.3. The molecule has 0 amide bonds. The van der Waals surface area contributed by atoms with E-state index in [9.17, 15) is 5.11 Å². The molecular formula is C11H10Br2OS2. The normalized spacial score (nSPS) is 13.1. The third kappa shape index (κ3) is 2.43. The topological polar surface area (TPSA) is 20.2 Å². The largest absolute Gasteiger partial charge is 0.383 e. The van der Waals surface area contributed by atoms with Gasteiger partial charge in [-0.15, -0.1) is 22.7 Å². The highest BCUT2D eigenvalue weighted by Crippen LogP contribution is 2.40. The van der Waals surface area contributed by atoms with E-state index in [0.29, 0.717) is 0 Å². The monoisotopic (exact) mass is 380 g/mol. The summed E-state index contributed by atoms with van der Waals surface area (Å²) in [6.45, 7) is 4.10. The van der Waals surface area contributed by atoms with Gasteiger partial charge in [0.2, 0.25) is 0 Å². The third-order valence-electron chi connectivity index (χ3n) is 2.31. The minimum absolute atomic E-state index is 0.532. The Kier molecular flexibility index (Phi) is 3.91. The minimum Gasteiger partial charge on any atom is -0.383 e. The molecule has 0 aliphatic carbocycles. The maximum Gasteiger partial charge on any atom is 0.115 e. The molecule has 0 aliphatic heterocycles. The van der Waals surface area contributed by atoms with Crippen molar-refractivity contribution in [2.24, 2.45) is 0 Å². The molecule has 0 radical (unpaired) electrons. The van der Waals surface area contributed by atoms with E-state index < -0.39 is 6.10 Å². The zero-order valence-corrected chi connectivity index (χ0v) is 13.6. The maximum absolute atomic E-state index is 10.3. The first-order valence-corrected chi connectivity index (χ1v) is 7.90. The predicted molar refractivity (Wildman–Crippen MR) is 77.6 cm³/mol. The van der Waals surface area contributed by atoms with Crippen molar-refractivity contribution < 1.29 is 5.11 Å². The second kappa shape index (κ2) is 4.90. The Morgan fingerprint density at radius 2 is 1.88 bits per heavy atom. The molecule has 2 aromatic rings. The standard InChI is InChI=1S/C11H10Br2OS2/c1-5-3-6(2)15-10(5)9(14)7-4-8(12)16-11(7)13/h3-4,9,14H,1-2H3. The summed E-state index contributed by atoms with van der Waals surface area (Å²) in [6.07, 6.45) is -0.532. The Morgan fingerprint density at radius 1 is 1.19 bits per heavy atom. The first kappa shape index (κ1) is 12.8. The fraction of sp³-hybridized carbons (Fsp3) is 0.273. The zero-order valence-electron chi connectivity index (χ0n) is 8.75. The molecule has 0 aromatic carbocycles. The summed E-state index contributed by atoms with van der Waals surface area (Å²) >= 11 is 10.1. The fourth-order valence-corrected chi connectivity index (χ4v) is 5.54. The molecule has 0 spiro atoms. The van der Waals surface area contributed by atoms with Crippen molar-refractivity contribution >= 4 is 54.5 Å². The van der Waals surface area contributed by atoms with Crippen molar-refractivity contribution in [3.05, 3.63) is 40.6 Å². The van der Waals surface area contributed by atoms with E-state index in [1.54, 1.807) is 22.7 Å². The zero-order chi connectivity index (χ0) is 11.9. The highest BCUT2D eigenvalue weighted by atomic mass is 79.9. The van der Waals surface area contributed by atoms with Gasteiger partial charge in [-0.25, -0.2) is 0 Å². The molecule has 1 unspecified atom stereocenters. The smallest absolute Gasteiger partial charge is 0.115 e. The lowest BCUT2D eigenvalue weighted by Gasteiger charge is -2.08. The van der Waals surface area contributed by atoms with Gasteiger partial charge in [0.25, 0.3) is 0 Å². The van der Waals surface area contributed by atoms with Crippen LogP contribution in [-0.2, 0) is 0 Å². The number of aliphatic hydroxyl groups is 1. The average molecular weight is 382 g/mol. The van der Waals surface area contributed by atoms with E-state index in [1.807, 2.05) is 13.0 Å². The summed E-state index contributed by atoms with van der Waals surface area (Å²) in [4.78, 5) is 2.26. The summed E-state index contributed by atoms with van der Waals surface area (Å²) < 4.78 is 2.01. The van der Waals surface area contributed by atoms with Crippen molar-refractivity contribution in [3.63, 3.8) is 0 Å². The Labute approximate surface area is 119 Å².